The van der Waals surface area contributed by atoms with Crippen LogP contribution in [0.15, 0.2) is 54.6 Å². The van der Waals surface area contributed by atoms with Gasteiger partial charge in [0.15, 0.2) is 0 Å². The molecule has 1 N–H and O–H groups in total. The summed E-state index contributed by atoms with van der Waals surface area (Å²) in [7, 11) is 0. The molecule has 2 aromatic rings. The molecule has 128 valence electrons. The molecule has 3 heteroatoms. The van der Waals surface area contributed by atoms with Crippen molar-refractivity contribution in [3.8, 4) is 0 Å². The van der Waals surface area contributed by atoms with Crippen LogP contribution in [0.5, 0.6) is 0 Å². The Balaban J connectivity index is 1.91. The first kappa shape index (κ1) is 17.2. The second-order valence-electron chi connectivity index (χ2n) is 6.89. The van der Waals surface area contributed by atoms with Crippen molar-refractivity contribution in [2.24, 2.45) is 0 Å². The van der Waals surface area contributed by atoms with E-state index in [2.05, 4.69) is 36.1 Å². The molecule has 2 unspecified atom stereocenters. The van der Waals surface area contributed by atoms with Gasteiger partial charge in [-0.05, 0) is 25.0 Å². The minimum Gasteiger partial charge on any atom is -0.385 e. The maximum atomic E-state index is 11.5. The molecule has 0 saturated carbocycles. The van der Waals surface area contributed by atoms with Crippen LogP contribution in [-0.2, 0) is 10.3 Å². The fourth-order valence-corrected chi connectivity index (χ4v) is 3.43. The van der Waals surface area contributed by atoms with Crippen molar-refractivity contribution in [2.45, 2.75) is 25.4 Å². The van der Waals surface area contributed by atoms with Gasteiger partial charge in [-0.15, -0.1) is 0 Å². The summed E-state index contributed by atoms with van der Waals surface area (Å²) in [5, 5.41) is 11.5. The van der Waals surface area contributed by atoms with Crippen LogP contribution in [0, 0.1) is 6.92 Å². The number of nitrogens with zero attached hydrogens (tertiary/aromatic N) is 1. The first-order valence-electron chi connectivity index (χ1n) is 8.72. The van der Waals surface area contributed by atoms with E-state index in [-0.39, 0.29) is 5.92 Å². The maximum Gasteiger partial charge on any atom is 0.0949 e. The zero-order valence-corrected chi connectivity index (χ0v) is 14.6. The molecule has 0 aromatic heterocycles. The van der Waals surface area contributed by atoms with Crippen LogP contribution in [0.25, 0.3) is 0 Å². The molecule has 0 radical (unpaired) electrons. The molecular weight excluding hydrogens is 298 g/mol. The van der Waals surface area contributed by atoms with Crippen molar-refractivity contribution in [3.05, 3.63) is 71.3 Å². The monoisotopic (exact) mass is 325 g/mol. The fourth-order valence-electron chi connectivity index (χ4n) is 3.43. The van der Waals surface area contributed by atoms with E-state index in [1.807, 2.05) is 37.3 Å². The van der Waals surface area contributed by atoms with Gasteiger partial charge in [-0.2, -0.15) is 0 Å². The number of rotatable bonds is 5. The summed E-state index contributed by atoms with van der Waals surface area (Å²) in [4.78, 5) is 2.39. The minimum absolute atomic E-state index is 0.0134. The highest BCUT2D eigenvalue weighted by atomic mass is 16.5. The summed E-state index contributed by atoms with van der Waals surface area (Å²) < 4.78 is 5.47. The average molecular weight is 325 g/mol. The molecule has 0 spiro atoms. The Morgan fingerprint density at radius 2 is 1.67 bits per heavy atom. The lowest BCUT2D eigenvalue weighted by Gasteiger charge is -2.38. The van der Waals surface area contributed by atoms with Crippen molar-refractivity contribution in [2.75, 3.05) is 32.8 Å². The van der Waals surface area contributed by atoms with Gasteiger partial charge < -0.3 is 9.84 Å². The van der Waals surface area contributed by atoms with E-state index in [1.165, 1.54) is 11.1 Å². The van der Waals surface area contributed by atoms with Crippen LogP contribution < -0.4 is 0 Å². The number of benzene rings is 2. The Morgan fingerprint density at radius 1 is 1.04 bits per heavy atom. The number of morpholine rings is 1. The summed E-state index contributed by atoms with van der Waals surface area (Å²) in [6.45, 7) is 8.23. The number of ether oxygens (including phenoxy) is 1. The second-order valence-corrected chi connectivity index (χ2v) is 6.89. The first-order chi connectivity index (χ1) is 11.6. The minimum atomic E-state index is -0.923. The highest BCUT2D eigenvalue weighted by Crippen LogP contribution is 2.37. The smallest absolute Gasteiger partial charge is 0.0949 e. The summed E-state index contributed by atoms with van der Waals surface area (Å²) in [5.74, 6) is 0.0134. The largest absolute Gasteiger partial charge is 0.385 e. The van der Waals surface area contributed by atoms with Gasteiger partial charge in [-0.1, -0.05) is 60.2 Å². The Labute approximate surface area is 144 Å². The van der Waals surface area contributed by atoms with Crippen molar-refractivity contribution < 1.29 is 9.84 Å². The average Bonchev–Trinajstić information content (AvgIpc) is 2.61. The van der Waals surface area contributed by atoms with Crippen LogP contribution in [0.3, 0.4) is 0 Å². The zero-order chi connectivity index (χ0) is 17.0. The van der Waals surface area contributed by atoms with E-state index in [1.54, 1.807) is 0 Å². The Kier molecular flexibility index (Phi) is 5.34. The molecule has 24 heavy (non-hydrogen) atoms. The van der Waals surface area contributed by atoms with Crippen molar-refractivity contribution >= 4 is 0 Å². The lowest BCUT2D eigenvalue weighted by atomic mass is 9.78. The van der Waals surface area contributed by atoms with Gasteiger partial charge >= 0.3 is 0 Å². The van der Waals surface area contributed by atoms with Crippen molar-refractivity contribution in [1.29, 1.82) is 0 Å². The predicted molar refractivity (Wildman–Crippen MR) is 97.2 cm³/mol. The third kappa shape index (κ3) is 3.86. The van der Waals surface area contributed by atoms with Crippen LogP contribution in [0.2, 0.25) is 0 Å². The fraction of sp³-hybridized carbons (Fsp3) is 0.429. The molecule has 0 aliphatic carbocycles. The molecule has 1 aliphatic rings. The van der Waals surface area contributed by atoms with E-state index in [9.17, 15) is 5.11 Å². The lowest BCUT2D eigenvalue weighted by molar-refractivity contribution is -0.0107. The van der Waals surface area contributed by atoms with Gasteiger partial charge in [0.1, 0.15) is 0 Å². The van der Waals surface area contributed by atoms with Crippen molar-refractivity contribution in [1.82, 2.24) is 4.90 Å². The van der Waals surface area contributed by atoms with E-state index >= 15 is 0 Å². The van der Waals surface area contributed by atoms with Crippen LogP contribution in [-0.4, -0.2) is 42.9 Å². The van der Waals surface area contributed by atoms with E-state index < -0.39 is 5.60 Å². The normalized spacial score (nSPS) is 19.6. The molecule has 2 aromatic carbocycles. The summed E-state index contributed by atoms with van der Waals surface area (Å²) in [6.07, 6.45) is 0. The molecule has 1 aliphatic heterocycles. The van der Waals surface area contributed by atoms with Gasteiger partial charge in [-0.3, -0.25) is 4.90 Å². The Hall–Kier alpha value is -1.68. The maximum absolute atomic E-state index is 11.5. The molecule has 1 fully saturated rings. The van der Waals surface area contributed by atoms with E-state index in [0.29, 0.717) is 0 Å². The summed E-state index contributed by atoms with van der Waals surface area (Å²) in [6, 6.07) is 18.6. The van der Waals surface area contributed by atoms with Gasteiger partial charge in [0, 0.05) is 25.6 Å². The number of hydrogen-bond donors (Lipinski definition) is 1. The number of aryl methyl sites for hydroxylation is 1. The molecule has 0 bridgehead atoms. The highest BCUT2D eigenvalue weighted by Gasteiger charge is 2.36. The van der Waals surface area contributed by atoms with Crippen LogP contribution in [0.1, 0.15) is 29.5 Å². The molecular formula is C21H27NO2. The van der Waals surface area contributed by atoms with Gasteiger partial charge in [0.25, 0.3) is 0 Å². The Morgan fingerprint density at radius 3 is 2.29 bits per heavy atom. The van der Waals surface area contributed by atoms with Gasteiger partial charge in [0.2, 0.25) is 0 Å². The third-order valence-corrected chi connectivity index (χ3v) is 5.06. The van der Waals surface area contributed by atoms with E-state index in [0.717, 1.165) is 38.4 Å². The Bertz CT molecular complexity index is 631. The van der Waals surface area contributed by atoms with Crippen LogP contribution in [0.4, 0.5) is 0 Å². The molecule has 1 saturated heterocycles. The summed E-state index contributed by atoms with van der Waals surface area (Å²) >= 11 is 0. The van der Waals surface area contributed by atoms with Crippen LogP contribution >= 0.6 is 0 Å². The van der Waals surface area contributed by atoms with Crippen molar-refractivity contribution in [3.63, 3.8) is 0 Å². The standard InChI is InChI=1S/C21H27NO2/c1-17-8-10-19(11-9-17)21(2,23)20(18-6-4-3-5-7-18)16-22-12-14-24-15-13-22/h3-11,20,23H,12-16H2,1-2H3. The van der Waals surface area contributed by atoms with Gasteiger partial charge in [0.05, 0.1) is 18.8 Å². The second kappa shape index (κ2) is 7.47. The topological polar surface area (TPSA) is 32.7 Å². The quantitative estimate of drug-likeness (QED) is 0.915. The van der Waals surface area contributed by atoms with E-state index in [4.69, 9.17) is 4.74 Å². The zero-order valence-electron chi connectivity index (χ0n) is 14.6. The molecule has 3 nitrogen and oxygen atoms in total. The molecule has 1 heterocycles. The summed E-state index contributed by atoms with van der Waals surface area (Å²) in [5.41, 5.74) is 2.43. The molecule has 2 atom stereocenters. The third-order valence-electron chi connectivity index (χ3n) is 5.06. The SMILES string of the molecule is Cc1ccc(C(C)(O)C(CN2CCOCC2)c2ccccc2)cc1. The highest BCUT2D eigenvalue weighted by molar-refractivity contribution is 5.32. The number of aliphatic hydroxyl groups is 1. The molecule has 3 rings (SSSR count). The first-order valence-corrected chi connectivity index (χ1v) is 8.72. The molecule has 0 amide bonds. The number of hydrogen-bond acceptors (Lipinski definition) is 3. The van der Waals surface area contributed by atoms with Gasteiger partial charge in [-0.25, -0.2) is 0 Å². The predicted octanol–water partition coefficient (Wildman–Crippen LogP) is 3.32. The lowest BCUT2D eigenvalue weighted by Crippen LogP contribution is -2.43.